The Balaban J connectivity index is 1.32. The SMILES string of the molecule is Cc1csc(N2CCC(C(=O)NC3C4CCC(C4)C3CO)CC2)n1. The Hall–Kier alpha value is -1.14. The van der Waals surface area contributed by atoms with Gasteiger partial charge in [-0.3, -0.25) is 4.79 Å². The lowest BCUT2D eigenvalue weighted by molar-refractivity contribution is -0.127. The van der Waals surface area contributed by atoms with Gasteiger partial charge in [0.25, 0.3) is 0 Å². The van der Waals surface area contributed by atoms with Crippen LogP contribution in [-0.4, -0.2) is 41.7 Å². The van der Waals surface area contributed by atoms with Crippen molar-refractivity contribution in [2.24, 2.45) is 23.7 Å². The molecule has 2 aliphatic carbocycles. The number of fused-ring (bicyclic) bond motifs is 2. The minimum Gasteiger partial charge on any atom is -0.396 e. The van der Waals surface area contributed by atoms with E-state index in [-0.39, 0.29) is 30.4 Å². The predicted molar refractivity (Wildman–Crippen MR) is 95.1 cm³/mol. The number of piperidine rings is 1. The molecule has 0 spiro atoms. The number of nitrogens with one attached hydrogen (secondary N) is 1. The van der Waals surface area contributed by atoms with E-state index in [0.29, 0.717) is 11.8 Å². The number of aliphatic hydroxyl groups is 1. The lowest BCUT2D eigenvalue weighted by atomic mass is 9.84. The van der Waals surface area contributed by atoms with Crippen LogP contribution in [-0.2, 0) is 4.79 Å². The first kappa shape index (κ1) is 16.3. The van der Waals surface area contributed by atoms with Crippen molar-refractivity contribution in [3.8, 4) is 0 Å². The van der Waals surface area contributed by atoms with Crippen molar-refractivity contribution in [2.75, 3.05) is 24.6 Å². The average molecular weight is 350 g/mol. The molecule has 1 aromatic heterocycles. The van der Waals surface area contributed by atoms with Crippen molar-refractivity contribution in [1.82, 2.24) is 10.3 Å². The first-order valence-electron chi connectivity index (χ1n) is 9.24. The summed E-state index contributed by atoms with van der Waals surface area (Å²) in [7, 11) is 0. The molecule has 5 nitrogen and oxygen atoms in total. The Morgan fingerprint density at radius 2 is 2.08 bits per heavy atom. The average Bonchev–Trinajstić information content (AvgIpc) is 3.31. The van der Waals surface area contributed by atoms with Crippen LogP contribution in [0.15, 0.2) is 5.38 Å². The first-order valence-corrected chi connectivity index (χ1v) is 10.1. The Labute approximate surface area is 147 Å². The molecule has 132 valence electrons. The zero-order valence-electron chi connectivity index (χ0n) is 14.3. The molecule has 2 saturated carbocycles. The van der Waals surface area contributed by atoms with Gasteiger partial charge in [-0.1, -0.05) is 0 Å². The molecule has 24 heavy (non-hydrogen) atoms. The Morgan fingerprint density at radius 1 is 1.33 bits per heavy atom. The van der Waals surface area contributed by atoms with Crippen LogP contribution in [0.25, 0.3) is 0 Å². The topological polar surface area (TPSA) is 65.5 Å². The van der Waals surface area contributed by atoms with Gasteiger partial charge in [-0.25, -0.2) is 4.98 Å². The van der Waals surface area contributed by atoms with Gasteiger partial charge in [-0.05, 0) is 50.9 Å². The summed E-state index contributed by atoms with van der Waals surface area (Å²) in [6.45, 7) is 4.05. The van der Waals surface area contributed by atoms with Crippen molar-refractivity contribution < 1.29 is 9.90 Å². The van der Waals surface area contributed by atoms with Gasteiger partial charge in [0.05, 0.1) is 5.69 Å². The molecule has 1 amide bonds. The number of nitrogens with zero attached hydrogens (tertiary/aromatic N) is 2. The van der Waals surface area contributed by atoms with Crippen LogP contribution >= 0.6 is 11.3 Å². The number of hydrogen-bond acceptors (Lipinski definition) is 5. The second kappa shape index (κ2) is 6.64. The lowest BCUT2D eigenvalue weighted by Crippen LogP contribution is -2.49. The van der Waals surface area contributed by atoms with E-state index in [2.05, 4.69) is 20.6 Å². The van der Waals surface area contributed by atoms with Crippen LogP contribution in [0.3, 0.4) is 0 Å². The van der Waals surface area contributed by atoms with Gasteiger partial charge in [-0.15, -0.1) is 11.3 Å². The summed E-state index contributed by atoms with van der Waals surface area (Å²) in [5.41, 5.74) is 1.07. The molecule has 3 fully saturated rings. The van der Waals surface area contributed by atoms with E-state index in [1.165, 1.54) is 19.3 Å². The van der Waals surface area contributed by atoms with Crippen molar-refractivity contribution in [2.45, 2.75) is 45.1 Å². The van der Waals surface area contributed by atoms with E-state index in [1.54, 1.807) is 11.3 Å². The third kappa shape index (κ3) is 2.94. The number of aliphatic hydroxyl groups excluding tert-OH is 1. The molecular weight excluding hydrogens is 322 g/mol. The zero-order valence-corrected chi connectivity index (χ0v) is 15.1. The number of aromatic nitrogens is 1. The summed E-state index contributed by atoms with van der Waals surface area (Å²) >= 11 is 1.69. The van der Waals surface area contributed by atoms with Crippen LogP contribution in [0.4, 0.5) is 5.13 Å². The second-order valence-electron chi connectivity index (χ2n) is 7.75. The van der Waals surface area contributed by atoms with Crippen LogP contribution < -0.4 is 10.2 Å². The van der Waals surface area contributed by atoms with Gasteiger partial charge < -0.3 is 15.3 Å². The predicted octanol–water partition coefficient (Wildman–Crippen LogP) is 2.19. The normalized spacial score (nSPS) is 33.2. The van der Waals surface area contributed by atoms with Gasteiger partial charge in [-0.2, -0.15) is 0 Å². The molecule has 6 heteroatoms. The summed E-state index contributed by atoms with van der Waals surface area (Å²) < 4.78 is 0. The number of rotatable bonds is 4. The first-order chi connectivity index (χ1) is 11.7. The minimum absolute atomic E-state index is 0.112. The van der Waals surface area contributed by atoms with E-state index in [9.17, 15) is 9.90 Å². The quantitative estimate of drug-likeness (QED) is 0.874. The Bertz CT molecular complexity index is 597. The molecule has 1 aromatic rings. The number of amides is 1. The Morgan fingerprint density at radius 3 is 2.75 bits per heavy atom. The smallest absolute Gasteiger partial charge is 0.223 e. The van der Waals surface area contributed by atoms with Crippen molar-refractivity contribution in [3.05, 3.63) is 11.1 Å². The van der Waals surface area contributed by atoms with Crippen LogP contribution in [0, 0.1) is 30.6 Å². The monoisotopic (exact) mass is 349 g/mol. The third-order valence-corrected chi connectivity index (χ3v) is 7.37. The fraction of sp³-hybridized carbons (Fsp3) is 0.778. The highest BCUT2D eigenvalue weighted by Gasteiger charge is 2.48. The molecule has 1 aliphatic heterocycles. The molecule has 1 saturated heterocycles. The van der Waals surface area contributed by atoms with E-state index in [0.717, 1.165) is 36.8 Å². The number of aryl methyl sites for hydroxylation is 1. The Kier molecular flexibility index (Phi) is 4.52. The molecule has 0 radical (unpaired) electrons. The fourth-order valence-corrected chi connectivity index (χ4v) is 5.86. The standard InChI is InChI=1S/C18H27N3O2S/c1-11-10-24-18(19-11)21-6-4-12(5-7-21)17(23)20-16-14-3-2-13(8-14)15(16)9-22/h10,12-16,22H,2-9H2,1H3,(H,20,23). The molecule has 4 unspecified atom stereocenters. The van der Waals surface area contributed by atoms with Crippen molar-refractivity contribution in [3.63, 3.8) is 0 Å². The minimum atomic E-state index is 0.112. The van der Waals surface area contributed by atoms with E-state index in [4.69, 9.17) is 0 Å². The van der Waals surface area contributed by atoms with Crippen molar-refractivity contribution in [1.29, 1.82) is 0 Å². The molecule has 2 N–H and O–H groups in total. The largest absolute Gasteiger partial charge is 0.396 e. The van der Waals surface area contributed by atoms with Crippen LogP contribution in [0.5, 0.6) is 0 Å². The van der Waals surface area contributed by atoms with E-state index in [1.807, 2.05) is 6.92 Å². The molecule has 3 aliphatic rings. The third-order valence-electron chi connectivity index (χ3n) is 6.35. The lowest BCUT2D eigenvalue weighted by Gasteiger charge is -2.34. The summed E-state index contributed by atoms with van der Waals surface area (Å²) in [6, 6.07) is 0.209. The summed E-state index contributed by atoms with van der Waals surface area (Å²) in [5, 5.41) is 16.2. The van der Waals surface area contributed by atoms with Gasteiger partial charge in [0.1, 0.15) is 0 Å². The molecular formula is C18H27N3O2S. The van der Waals surface area contributed by atoms with Gasteiger partial charge in [0.15, 0.2) is 5.13 Å². The second-order valence-corrected chi connectivity index (χ2v) is 8.58. The number of hydrogen-bond donors (Lipinski definition) is 2. The van der Waals surface area contributed by atoms with Crippen LogP contribution in [0.1, 0.15) is 37.8 Å². The highest BCUT2D eigenvalue weighted by molar-refractivity contribution is 7.13. The summed E-state index contributed by atoms with van der Waals surface area (Å²) in [6.07, 6.45) is 5.43. The maximum atomic E-state index is 12.7. The molecule has 4 atom stereocenters. The van der Waals surface area contributed by atoms with Crippen LogP contribution in [0.2, 0.25) is 0 Å². The maximum absolute atomic E-state index is 12.7. The molecule has 4 rings (SSSR count). The van der Waals surface area contributed by atoms with E-state index >= 15 is 0 Å². The highest BCUT2D eigenvalue weighted by atomic mass is 32.1. The number of carbonyl (C=O) groups excluding carboxylic acids is 1. The number of anilines is 1. The zero-order chi connectivity index (χ0) is 16.7. The fourth-order valence-electron chi connectivity index (χ4n) is 5.00. The van der Waals surface area contributed by atoms with E-state index < -0.39 is 0 Å². The van der Waals surface area contributed by atoms with Gasteiger partial charge in [0, 0.05) is 43.0 Å². The molecule has 2 heterocycles. The van der Waals surface area contributed by atoms with Gasteiger partial charge >= 0.3 is 0 Å². The molecule has 0 aromatic carbocycles. The summed E-state index contributed by atoms with van der Waals surface area (Å²) in [4.78, 5) is 19.6. The highest BCUT2D eigenvalue weighted by Crippen LogP contribution is 2.48. The van der Waals surface area contributed by atoms with Crippen molar-refractivity contribution >= 4 is 22.4 Å². The number of thiazole rings is 1. The van der Waals surface area contributed by atoms with Gasteiger partial charge in [0.2, 0.25) is 5.91 Å². The summed E-state index contributed by atoms with van der Waals surface area (Å²) in [5.74, 6) is 1.82. The molecule has 2 bridgehead atoms. The number of carbonyl (C=O) groups is 1. The maximum Gasteiger partial charge on any atom is 0.223 e.